The summed E-state index contributed by atoms with van der Waals surface area (Å²) in [5.41, 5.74) is 11.4. The third-order valence-corrected chi connectivity index (χ3v) is 4.40. The number of hydrogen-bond donors (Lipinski definition) is 3. The van der Waals surface area contributed by atoms with E-state index in [0.717, 1.165) is 18.5 Å². The average molecular weight is 327 g/mol. The minimum absolute atomic E-state index is 0.253. The number of carbonyl (C=O) groups excluding carboxylic acids is 1. The molecule has 24 heavy (non-hydrogen) atoms. The molecule has 3 rings (SSSR count). The molecule has 0 radical (unpaired) electrons. The van der Waals surface area contributed by atoms with Gasteiger partial charge in [0.1, 0.15) is 11.4 Å². The van der Waals surface area contributed by atoms with E-state index in [1.54, 1.807) is 6.20 Å². The van der Waals surface area contributed by atoms with Crippen LogP contribution in [0, 0.1) is 6.92 Å². The Morgan fingerprint density at radius 1 is 1.33 bits per heavy atom. The van der Waals surface area contributed by atoms with Gasteiger partial charge in [0, 0.05) is 17.8 Å². The van der Waals surface area contributed by atoms with Gasteiger partial charge in [0.05, 0.1) is 18.1 Å². The monoisotopic (exact) mass is 327 g/mol. The summed E-state index contributed by atoms with van der Waals surface area (Å²) in [6, 6.07) is 0. The lowest BCUT2D eigenvalue weighted by molar-refractivity contribution is 0.0940. The molecule has 0 aliphatic heterocycles. The van der Waals surface area contributed by atoms with Gasteiger partial charge >= 0.3 is 0 Å². The largest absolute Gasteiger partial charge is 0.357 e. The summed E-state index contributed by atoms with van der Waals surface area (Å²) in [6.45, 7) is 6.22. The van der Waals surface area contributed by atoms with E-state index in [4.69, 9.17) is 5.73 Å². The maximum absolute atomic E-state index is 12.3. The van der Waals surface area contributed by atoms with Gasteiger partial charge in [-0.15, -0.1) is 0 Å². The Bertz CT molecular complexity index is 757. The standard InChI is InChI=1S/C18H25N5O/c1-11-12-6-4-5-7-13(12)23-16(11)14-8-20-9-15(22-14)17(24)21-10-18(2,3)19/h8-9,23H,4-7,10,19H2,1-3H3,(H,21,24). The molecule has 1 aliphatic rings. The number of nitrogens with two attached hydrogens (primary N) is 1. The highest BCUT2D eigenvalue weighted by atomic mass is 16.1. The van der Waals surface area contributed by atoms with Crippen LogP contribution in [0.15, 0.2) is 12.4 Å². The molecular formula is C18H25N5O. The summed E-state index contributed by atoms with van der Waals surface area (Å²) in [7, 11) is 0. The van der Waals surface area contributed by atoms with E-state index in [-0.39, 0.29) is 5.91 Å². The second kappa shape index (κ2) is 6.36. The van der Waals surface area contributed by atoms with Crippen molar-refractivity contribution in [2.24, 2.45) is 5.73 Å². The second-order valence-corrected chi connectivity index (χ2v) is 7.25. The topological polar surface area (TPSA) is 96.7 Å². The first-order valence-electron chi connectivity index (χ1n) is 8.45. The number of carbonyl (C=O) groups is 1. The molecule has 2 heterocycles. The first-order chi connectivity index (χ1) is 11.3. The zero-order chi connectivity index (χ0) is 17.3. The van der Waals surface area contributed by atoms with Gasteiger partial charge in [-0.05, 0) is 57.6 Å². The van der Waals surface area contributed by atoms with E-state index in [1.807, 2.05) is 13.8 Å². The summed E-state index contributed by atoms with van der Waals surface area (Å²) in [6.07, 6.45) is 7.82. The van der Waals surface area contributed by atoms with Gasteiger partial charge in [-0.2, -0.15) is 0 Å². The number of nitrogens with one attached hydrogen (secondary N) is 2. The second-order valence-electron chi connectivity index (χ2n) is 7.25. The number of aromatic nitrogens is 3. The quantitative estimate of drug-likeness (QED) is 0.801. The molecule has 0 saturated carbocycles. The number of H-pyrrole nitrogens is 1. The Labute approximate surface area is 142 Å². The van der Waals surface area contributed by atoms with Gasteiger partial charge < -0.3 is 16.0 Å². The van der Waals surface area contributed by atoms with Gasteiger partial charge in [0.2, 0.25) is 0 Å². The zero-order valence-electron chi connectivity index (χ0n) is 14.6. The van der Waals surface area contributed by atoms with Crippen LogP contribution in [0.3, 0.4) is 0 Å². The summed E-state index contributed by atoms with van der Waals surface area (Å²) in [5.74, 6) is -0.253. The van der Waals surface area contributed by atoms with Gasteiger partial charge in [0.25, 0.3) is 5.91 Å². The Morgan fingerprint density at radius 3 is 2.79 bits per heavy atom. The average Bonchev–Trinajstić information content (AvgIpc) is 2.89. The van der Waals surface area contributed by atoms with Crippen LogP contribution in [-0.2, 0) is 12.8 Å². The van der Waals surface area contributed by atoms with Crippen molar-refractivity contribution in [3.8, 4) is 11.4 Å². The molecule has 0 aromatic carbocycles. The maximum Gasteiger partial charge on any atom is 0.271 e. The van der Waals surface area contributed by atoms with Crippen molar-refractivity contribution >= 4 is 5.91 Å². The molecule has 1 aliphatic carbocycles. The van der Waals surface area contributed by atoms with Crippen molar-refractivity contribution in [3.05, 3.63) is 34.9 Å². The van der Waals surface area contributed by atoms with Crippen LogP contribution in [-0.4, -0.2) is 32.9 Å². The molecule has 0 saturated heterocycles. The Morgan fingerprint density at radius 2 is 2.08 bits per heavy atom. The van der Waals surface area contributed by atoms with Crippen LogP contribution in [0.5, 0.6) is 0 Å². The number of aryl methyl sites for hydroxylation is 1. The van der Waals surface area contributed by atoms with Gasteiger partial charge in [-0.1, -0.05) is 0 Å². The fourth-order valence-corrected chi connectivity index (χ4v) is 3.10. The van der Waals surface area contributed by atoms with Gasteiger partial charge in [0.15, 0.2) is 0 Å². The van der Waals surface area contributed by atoms with E-state index in [9.17, 15) is 4.79 Å². The fourth-order valence-electron chi connectivity index (χ4n) is 3.10. The highest BCUT2D eigenvalue weighted by Gasteiger charge is 2.20. The van der Waals surface area contributed by atoms with Crippen LogP contribution in [0.4, 0.5) is 0 Å². The zero-order valence-corrected chi connectivity index (χ0v) is 14.6. The third-order valence-electron chi connectivity index (χ3n) is 4.40. The van der Waals surface area contributed by atoms with Crippen molar-refractivity contribution in [1.82, 2.24) is 20.3 Å². The number of amides is 1. The molecule has 2 aromatic rings. The lowest BCUT2D eigenvalue weighted by Gasteiger charge is -2.18. The molecule has 4 N–H and O–H groups in total. The molecule has 0 bridgehead atoms. The van der Waals surface area contributed by atoms with Crippen LogP contribution >= 0.6 is 0 Å². The first kappa shape index (κ1) is 16.6. The molecule has 0 atom stereocenters. The van der Waals surface area contributed by atoms with Crippen molar-refractivity contribution in [2.75, 3.05) is 6.54 Å². The lowest BCUT2D eigenvalue weighted by Crippen LogP contribution is -2.45. The lowest BCUT2D eigenvalue weighted by atomic mass is 9.95. The predicted octanol–water partition coefficient (Wildman–Crippen LogP) is 2.13. The Hall–Kier alpha value is -2.21. The molecule has 1 amide bonds. The number of aromatic amines is 1. The normalized spacial score (nSPS) is 14.3. The molecular weight excluding hydrogens is 302 g/mol. The molecule has 0 unspecified atom stereocenters. The van der Waals surface area contributed by atoms with E-state index >= 15 is 0 Å². The molecule has 6 heteroatoms. The van der Waals surface area contributed by atoms with Crippen molar-refractivity contribution in [3.63, 3.8) is 0 Å². The summed E-state index contributed by atoms with van der Waals surface area (Å²) in [4.78, 5) is 24.5. The van der Waals surface area contributed by atoms with E-state index in [0.29, 0.717) is 17.9 Å². The van der Waals surface area contributed by atoms with E-state index in [1.165, 1.54) is 35.9 Å². The molecule has 6 nitrogen and oxygen atoms in total. The third kappa shape index (κ3) is 3.48. The SMILES string of the molecule is Cc1c(-c2cncc(C(=O)NCC(C)(C)N)n2)[nH]c2c1CCCC2. The molecule has 0 spiro atoms. The first-order valence-corrected chi connectivity index (χ1v) is 8.45. The maximum atomic E-state index is 12.3. The number of hydrogen-bond acceptors (Lipinski definition) is 4. The Kier molecular flexibility index (Phi) is 4.41. The summed E-state index contributed by atoms with van der Waals surface area (Å²) in [5, 5.41) is 2.80. The Balaban J connectivity index is 1.86. The van der Waals surface area contributed by atoms with Gasteiger partial charge in [-0.3, -0.25) is 9.78 Å². The highest BCUT2D eigenvalue weighted by molar-refractivity contribution is 5.92. The van der Waals surface area contributed by atoms with E-state index < -0.39 is 5.54 Å². The molecule has 128 valence electrons. The van der Waals surface area contributed by atoms with Crippen molar-refractivity contribution in [1.29, 1.82) is 0 Å². The van der Waals surface area contributed by atoms with Crippen LogP contribution in [0.25, 0.3) is 11.4 Å². The van der Waals surface area contributed by atoms with Crippen LogP contribution < -0.4 is 11.1 Å². The van der Waals surface area contributed by atoms with Gasteiger partial charge in [-0.25, -0.2) is 4.98 Å². The summed E-state index contributed by atoms with van der Waals surface area (Å²) < 4.78 is 0. The highest BCUT2D eigenvalue weighted by Crippen LogP contribution is 2.31. The predicted molar refractivity (Wildman–Crippen MR) is 93.8 cm³/mol. The number of rotatable bonds is 4. The fraction of sp³-hybridized carbons (Fsp3) is 0.500. The number of fused-ring (bicyclic) bond motifs is 1. The van der Waals surface area contributed by atoms with Crippen LogP contribution in [0.1, 0.15) is 54.0 Å². The smallest absolute Gasteiger partial charge is 0.271 e. The van der Waals surface area contributed by atoms with Crippen LogP contribution in [0.2, 0.25) is 0 Å². The summed E-state index contributed by atoms with van der Waals surface area (Å²) >= 11 is 0. The minimum atomic E-state index is -0.463. The van der Waals surface area contributed by atoms with E-state index in [2.05, 4.69) is 27.2 Å². The van der Waals surface area contributed by atoms with Crippen molar-refractivity contribution in [2.45, 2.75) is 52.0 Å². The molecule has 2 aromatic heterocycles. The van der Waals surface area contributed by atoms with Crippen molar-refractivity contribution < 1.29 is 4.79 Å². The number of nitrogens with zero attached hydrogens (tertiary/aromatic N) is 2. The minimum Gasteiger partial charge on any atom is -0.357 e. The molecule has 0 fully saturated rings.